The molecule has 2 rings (SSSR count). The maximum absolute atomic E-state index is 13.7. The van der Waals surface area contributed by atoms with Crippen LogP contribution >= 0.6 is 0 Å². The van der Waals surface area contributed by atoms with E-state index in [1.54, 1.807) is 6.07 Å². The van der Waals surface area contributed by atoms with Gasteiger partial charge in [0.2, 0.25) is 0 Å². The molecule has 0 saturated carbocycles. The molecule has 2 atom stereocenters. The summed E-state index contributed by atoms with van der Waals surface area (Å²) in [6.45, 7) is 2.67. The van der Waals surface area contributed by atoms with E-state index in [-0.39, 0.29) is 18.0 Å². The number of anilines is 2. The molecule has 0 radical (unpaired) electrons. The van der Waals surface area contributed by atoms with E-state index in [0.29, 0.717) is 23.7 Å². The Morgan fingerprint density at radius 1 is 1.53 bits per heavy atom. The Bertz CT molecular complexity index is 412. The van der Waals surface area contributed by atoms with Crippen molar-refractivity contribution in [3.8, 4) is 5.75 Å². The average molecular weight is 240 g/mol. The molecule has 1 aliphatic heterocycles. The summed E-state index contributed by atoms with van der Waals surface area (Å²) in [5.74, 6) is 0.0999. The van der Waals surface area contributed by atoms with Crippen molar-refractivity contribution in [3.05, 3.63) is 17.9 Å². The number of ether oxygens (including phenoxy) is 2. The average Bonchev–Trinajstić information content (AvgIpc) is 2.68. The first-order valence-electron chi connectivity index (χ1n) is 5.63. The van der Waals surface area contributed by atoms with Gasteiger partial charge in [-0.25, -0.2) is 4.39 Å². The smallest absolute Gasteiger partial charge is 0.148 e. The van der Waals surface area contributed by atoms with Gasteiger partial charge in [0.25, 0.3) is 0 Å². The van der Waals surface area contributed by atoms with Crippen molar-refractivity contribution in [2.75, 3.05) is 24.8 Å². The lowest BCUT2D eigenvalue weighted by molar-refractivity contribution is 0.121. The first-order valence-corrected chi connectivity index (χ1v) is 5.63. The van der Waals surface area contributed by atoms with E-state index in [1.165, 1.54) is 13.2 Å². The zero-order valence-electron chi connectivity index (χ0n) is 10.00. The molecule has 0 aromatic heterocycles. The van der Waals surface area contributed by atoms with Crippen molar-refractivity contribution in [1.29, 1.82) is 0 Å². The van der Waals surface area contributed by atoms with E-state index >= 15 is 0 Å². The Kier molecular flexibility index (Phi) is 3.38. The summed E-state index contributed by atoms with van der Waals surface area (Å²) in [6, 6.07) is 2.97. The highest BCUT2D eigenvalue weighted by Gasteiger charge is 2.25. The normalized spacial score (nSPS) is 23.7. The number of benzene rings is 1. The molecule has 5 heteroatoms. The second kappa shape index (κ2) is 4.79. The van der Waals surface area contributed by atoms with Crippen LogP contribution in [0, 0.1) is 5.82 Å². The van der Waals surface area contributed by atoms with Crippen molar-refractivity contribution in [2.24, 2.45) is 0 Å². The fourth-order valence-electron chi connectivity index (χ4n) is 1.98. The highest BCUT2D eigenvalue weighted by molar-refractivity contribution is 5.62. The van der Waals surface area contributed by atoms with E-state index in [2.05, 4.69) is 5.32 Å². The Morgan fingerprint density at radius 2 is 2.29 bits per heavy atom. The van der Waals surface area contributed by atoms with E-state index < -0.39 is 0 Å². The molecule has 94 valence electrons. The van der Waals surface area contributed by atoms with Gasteiger partial charge in [0, 0.05) is 18.7 Å². The molecule has 1 saturated heterocycles. The summed E-state index contributed by atoms with van der Waals surface area (Å²) in [4.78, 5) is 0. The van der Waals surface area contributed by atoms with Gasteiger partial charge in [-0.3, -0.25) is 0 Å². The first-order chi connectivity index (χ1) is 8.11. The van der Waals surface area contributed by atoms with E-state index in [9.17, 15) is 4.39 Å². The minimum absolute atomic E-state index is 0.0814. The summed E-state index contributed by atoms with van der Waals surface area (Å²) in [6.07, 6.45) is 0.950. The summed E-state index contributed by atoms with van der Waals surface area (Å²) < 4.78 is 24.2. The summed E-state index contributed by atoms with van der Waals surface area (Å²) in [5.41, 5.74) is 6.32. The Hall–Kier alpha value is -1.49. The van der Waals surface area contributed by atoms with Gasteiger partial charge in [-0.05, 0) is 13.3 Å². The fourth-order valence-corrected chi connectivity index (χ4v) is 1.98. The Balaban J connectivity index is 2.20. The molecule has 1 heterocycles. The maximum atomic E-state index is 13.7. The molecule has 0 amide bonds. The predicted octanol–water partition coefficient (Wildman–Crippen LogP) is 2.01. The van der Waals surface area contributed by atoms with E-state index in [0.717, 1.165) is 6.42 Å². The molecule has 0 aliphatic carbocycles. The molecule has 1 aromatic carbocycles. The van der Waals surface area contributed by atoms with Crippen LogP contribution < -0.4 is 15.8 Å². The van der Waals surface area contributed by atoms with Gasteiger partial charge in [0.05, 0.1) is 30.6 Å². The van der Waals surface area contributed by atoms with Gasteiger partial charge < -0.3 is 20.5 Å². The third-order valence-corrected chi connectivity index (χ3v) is 3.04. The van der Waals surface area contributed by atoms with Gasteiger partial charge >= 0.3 is 0 Å². The number of nitrogens with one attached hydrogen (secondary N) is 1. The molecule has 4 nitrogen and oxygen atoms in total. The third kappa shape index (κ3) is 2.44. The highest BCUT2D eigenvalue weighted by atomic mass is 19.1. The van der Waals surface area contributed by atoms with Crippen LogP contribution in [0.4, 0.5) is 15.8 Å². The van der Waals surface area contributed by atoms with Crippen LogP contribution in [0.3, 0.4) is 0 Å². The van der Waals surface area contributed by atoms with Gasteiger partial charge in [0.1, 0.15) is 11.6 Å². The SMILES string of the molecule is COc1cc(NC2CCOC2C)c(F)cc1N. The molecule has 0 bridgehead atoms. The number of halogens is 1. The lowest BCUT2D eigenvalue weighted by Gasteiger charge is -2.18. The van der Waals surface area contributed by atoms with Crippen molar-refractivity contribution in [1.82, 2.24) is 0 Å². The number of rotatable bonds is 3. The fraction of sp³-hybridized carbons (Fsp3) is 0.500. The Morgan fingerprint density at radius 3 is 2.88 bits per heavy atom. The quantitative estimate of drug-likeness (QED) is 0.793. The highest BCUT2D eigenvalue weighted by Crippen LogP contribution is 2.30. The van der Waals surface area contributed by atoms with Gasteiger partial charge in [-0.2, -0.15) is 0 Å². The van der Waals surface area contributed by atoms with Crippen molar-refractivity contribution in [2.45, 2.75) is 25.5 Å². The number of methoxy groups -OCH3 is 1. The minimum atomic E-state index is -0.373. The van der Waals surface area contributed by atoms with Crippen molar-refractivity contribution < 1.29 is 13.9 Å². The van der Waals surface area contributed by atoms with Crippen LogP contribution in [0.2, 0.25) is 0 Å². The number of hydrogen-bond acceptors (Lipinski definition) is 4. The summed E-state index contributed by atoms with van der Waals surface area (Å²) in [5, 5.41) is 3.13. The Labute approximate surface area is 99.9 Å². The molecule has 1 fully saturated rings. The van der Waals surface area contributed by atoms with E-state index in [1.807, 2.05) is 6.92 Å². The molecule has 2 unspecified atom stereocenters. The maximum Gasteiger partial charge on any atom is 0.148 e. The van der Waals surface area contributed by atoms with Crippen molar-refractivity contribution in [3.63, 3.8) is 0 Å². The molecule has 1 aromatic rings. The number of nitrogen functional groups attached to an aromatic ring is 1. The largest absolute Gasteiger partial charge is 0.495 e. The second-order valence-corrected chi connectivity index (χ2v) is 4.19. The monoisotopic (exact) mass is 240 g/mol. The number of nitrogens with two attached hydrogens (primary N) is 1. The summed E-state index contributed by atoms with van der Waals surface area (Å²) >= 11 is 0. The first kappa shape index (κ1) is 12.0. The van der Waals surface area contributed by atoms with Crippen LogP contribution in [0.25, 0.3) is 0 Å². The third-order valence-electron chi connectivity index (χ3n) is 3.04. The minimum Gasteiger partial charge on any atom is -0.495 e. The van der Waals surface area contributed by atoms with E-state index in [4.69, 9.17) is 15.2 Å². The zero-order valence-corrected chi connectivity index (χ0v) is 10.00. The molecular formula is C12H17FN2O2. The molecule has 1 aliphatic rings. The van der Waals surface area contributed by atoms with Gasteiger partial charge in [-0.15, -0.1) is 0 Å². The van der Waals surface area contributed by atoms with Crippen LogP contribution in [0.15, 0.2) is 12.1 Å². The van der Waals surface area contributed by atoms with Crippen LogP contribution in [0.5, 0.6) is 5.75 Å². The van der Waals surface area contributed by atoms with Crippen LogP contribution in [0.1, 0.15) is 13.3 Å². The number of hydrogen-bond donors (Lipinski definition) is 2. The second-order valence-electron chi connectivity index (χ2n) is 4.19. The molecule has 3 N–H and O–H groups in total. The standard InChI is InChI=1S/C12H17FN2O2/c1-7-10(3-4-17-7)15-11-6-12(16-2)9(14)5-8(11)13/h5-7,10,15H,3-4,14H2,1-2H3. The van der Waals surface area contributed by atoms with Crippen molar-refractivity contribution >= 4 is 11.4 Å². The molecule has 0 spiro atoms. The van der Waals surface area contributed by atoms with Crippen LogP contribution in [-0.2, 0) is 4.74 Å². The zero-order chi connectivity index (χ0) is 12.4. The topological polar surface area (TPSA) is 56.5 Å². The van der Waals surface area contributed by atoms with Gasteiger partial charge in [-0.1, -0.05) is 0 Å². The van der Waals surface area contributed by atoms with Crippen LogP contribution in [-0.4, -0.2) is 25.9 Å². The lowest BCUT2D eigenvalue weighted by atomic mass is 10.1. The summed E-state index contributed by atoms with van der Waals surface area (Å²) in [7, 11) is 1.51. The molecular weight excluding hydrogens is 223 g/mol. The lowest BCUT2D eigenvalue weighted by Crippen LogP contribution is -2.27. The van der Waals surface area contributed by atoms with Gasteiger partial charge in [0.15, 0.2) is 0 Å². The predicted molar refractivity (Wildman–Crippen MR) is 64.8 cm³/mol. The molecule has 17 heavy (non-hydrogen) atoms.